The first-order chi connectivity index (χ1) is 10.8. The minimum atomic E-state index is 0.0902. The Morgan fingerprint density at radius 3 is 2.64 bits per heavy atom. The van der Waals surface area contributed by atoms with Gasteiger partial charge in [0.25, 0.3) is 0 Å². The van der Waals surface area contributed by atoms with E-state index in [-0.39, 0.29) is 24.5 Å². The molecule has 0 spiro atoms. The van der Waals surface area contributed by atoms with Crippen molar-refractivity contribution in [2.45, 2.75) is 38.1 Å². The molecule has 4 heteroatoms. The molecule has 1 aliphatic heterocycles. The first-order valence-electron chi connectivity index (χ1n) is 8.47. The molecule has 1 heterocycles. The van der Waals surface area contributed by atoms with E-state index in [4.69, 9.17) is 0 Å². The number of rotatable bonds is 5. The van der Waals surface area contributed by atoms with Gasteiger partial charge >= 0.3 is 0 Å². The predicted octanol–water partition coefficient (Wildman–Crippen LogP) is 1.36. The van der Waals surface area contributed by atoms with E-state index in [1.165, 1.54) is 24.0 Å². The van der Waals surface area contributed by atoms with Gasteiger partial charge in [0.15, 0.2) is 0 Å². The van der Waals surface area contributed by atoms with Crippen molar-refractivity contribution in [3.8, 4) is 0 Å². The van der Waals surface area contributed by atoms with Gasteiger partial charge in [0.2, 0.25) is 5.91 Å². The third-order valence-corrected chi connectivity index (χ3v) is 5.08. The lowest BCUT2D eigenvalue weighted by Crippen LogP contribution is -2.46. The SMILES string of the molecule is O=C(NCCN1CCCC[C@H]1CO)C1Cc2ccccc2C1. The standard InChI is InChI=1S/C18H26N2O2/c21-13-17-7-3-4-9-20(17)10-8-19-18(22)16-11-14-5-1-2-6-15(14)12-16/h1-2,5-6,16-17,21H,3-4,7-13H2,(H,19,22)/t17-/m0/s1. The van der Waals surface area contributed by atoms with Crippen LogP contribution in [0.15, 0.2) is 24.3 Å². The van der Waals surface area contributed by atoms with Crippen LogP contribution in [-0.4, -0.2) is 48.2 Å². The normalized spacial score (nSPS) is 22.5. The van der Waals surface area contributed by atoms with Gasteiger partial charge in [-0.3, -0.25) is 9.69 Å². The van der Waals surface area contributed by atoms with Crippen LogP contribution >= 0.6 is 0 Å². The summed E-state index contributed by atoms with van der Waals surface area (Å²) in [5.41, 5.74) is 2.64. The van der Waals surface area contributed by atoms with Gasteiger partial charge in [-0.15, -0.1) is 0 Å². The summed E-state index contributed by atoms with van der Waals surface area (Å²) in [6.45, 7) is 2.79. The summed E-state index contributed by atoms with van der Waals surface area (Å²) < 4.78 is 0. The largest absolute Gasteiger partial charge is 0.395 e. The number of likely N-dealkylation sites (tertiary alicyclic amines) is 1. The summed E-state index contributed by atoms with van der Waals surface area (Å²) >= 11 is 0. The Hall–Kier alpha value is -1.39. The Bertz CT molecular complexity index is 493. The molecule has 0 saturated carbocycles. The second-order valence-corrected chi connectivity index (χ2v) is 6.53. The predicted molar refractivity (Wildman–Crippen MR) is 86.6 cm³/mol. The van der Waals surface area contributed by atoms with Crippen molar-refractivity contribution in [1.29, 1.82) is 0 Å². The zero-order valence-electron chi connectivity index (χ0n) is 13.1. The number of benzene rings is 1. The minimum absolute atomic E-state index is 0.0902. The summed E-state index contributed by atoms with van der Waals surface area (Å²) in [6.07, 6.45) is 5.20. The molecular weight excluding hydrogens is 276 g/mol. The van der Waals surface area contributed by atoms with Crippen LogP contribution in [0.3, 0.4) is 0 Å². The van der Waals surface area contributed by atoms with Gasteiger partial charge < -0.3 is 10.4 Å². The topological polar surface area (TPSA) is 52.6 Å². The highest BCUT2D eigenvalue weighted by Crippen LogP contribution is 2.26. The van der Waals surface area contributed by atoms with Gasteiger partial charge in [0.05, 0.1) is 6.61 Å². The van der Waals surface area contributed by atoms with Gasteiger partial charge in [0.1, 0.15) is 0 Å². The van der Waals surface area contributed by atoms with Crippen LogP contribution in [0.1, 0.15) is 30.4 Å². The molecule has 1 aromatic rings. The fourth-order valence-electron chi connectivity index (χ4n) is 3.77. The van der Waals surface area contributed by atoms with Crippen molar-refractivity contribution in [1.82, 2.24) is 10.2 Å². The van der Waals surface area contributed by atoms with Crippen LogP contribution in [0.25, 0.3) is 0 Å². The van der Waals surface area contributed by atoms with Crippen molar-refractivity contribution < 1.29 is 9.90 Å². The van der Waals surface area contributed by atoms with E-state index in [1.807, 2.05) is 12.1 Å². The van der Waals surface area contributed by atoms with Gasteiger partial charge in [-0.1, -0.05) is 30.7 Å². The molecule has 1 saturated heterocycles. The number of aliphatic hydroxyl groups excluding tert-OH is 1. The highest BCUT2D eigenvalue weighted by molar-refractivity contribution is 5.80. The second kappa shape index (κ2) is 7.25. The number of hydrogen-bond acceptors (Lipinski definition) is 3. The highest BCUT2D eigenvalue weighted by atomic mass is 16.3. The average molecular weight is 302 g/mol. The van der Waals surface area contributed by atoms with Crippen LogP contribution < -0.4 is 5.32 Å². The number of hydrogen-bond donors (Lipinski definition) is 2. The summed E-state index contributed by atoms with van der Waals surface area (Å²) in [6, 6.07) is 8.63. The number of aliphatic hydroxyl groups is 1. The van der Waals surface area contributed by atoms with Crippen LogP contribution in [0.4, 0.5) is 0 Å². The maximum atomic E-state index is 12.3. The molecule has 3 rings (SSSR count). The molecule has 0 radical (unpaired) electrons. The van der Waals surface area contributed by atoms with Crippen LogP contribution in [-0.2, 0) is 17.6 Å². The summed E-state index contributed by atoms with van der Waals surface area (Å²) in [7, 11) is 0. The molecule has 0 aromatic heterocycles. The van der Waals surface area contributed by atoms with Crippen molar-refractivity contribution in [3.63, 3.8) is 0 Å². The molecule has 1 aliphatic carbocycles. The van der Waals surface area contributed by atoms with E-state index in [2.05, 4.69) is 22.3 Å². The van der Waals surface area contributed by atoms with Gasteiger partial charge in [-0.2, -0.15) is 0 Å². The van der Waals surface area contributed by atoms with E-state index in [9.17, 15) is 9.90 Å². The van der Waals surface area contributed by atoms with Crippen molar-refractivity contribution in [2.24, 2.45) is 5.92 Å². The molecule has 1 fully saturated rings. The molecule has 2 aliphatic rings. The Labute approximate surface area is 132 Å². The number of nitrogens with zero attached hydrogens (tertiary/aromatic N) is 1. The fraction of sp³-hybridized carbons (Fsp3) is 0.611. The van der Waals surface area contributed by atoms with Crippen molar-refractivity contribution >= 4 is 5.91 Å². The van der Waals surface area contributed by atoms with E-state index in [0.29, 0.717) is 6.54 Å². The summed E-state index contributed by atoms with van der Waals surface area (Å²) in [4.78, 5) is 14.6. The first-order valence-corrected chi connectivity index (χ1v) is 8.47. The Balaban J connectivity index is 1.43. The lowest BCUT2D eigenvalue weighted by Gasteiger charge is -2.34. The average Bonchev–Trinajstić information content (AvgIpc) is 2.99. The quantitative estimate of drug-likeness (QED) is 0.863. The first kappa shape index (κ1) is 15.5. The van der Waals surface area contributed by atoms with E-state index in [1.54, 1.807) is 0 Å². The van der Waals surface area contributed by atoms with E-state index >= 15 is 0 Å². The van der Waals surface area contributed by atoms with Gasteiger partial charge in [-0.05, 0) is 43.4 Å². The van der Waals surface area contributed by atoms with Crippen molar-refractivity contribution in [3.05, 3.63) is 35.4 Å². The van der Waals surface area contributed by atoms with Crippen LogP contribution in [0, 0.1) is 5.92 Å². The highest BCUT2D eigenvalue weighted by Gasteiger charge is 2.27. The Kier molecular flexibility index (Phi) is 5.11. The molecule has 0 unspecified atom stereocenters. The third kappa shape index (κ3) is 3.50. The molecule has 120 valence electrons. The van der Waals surface area contributed by atoms with Crippen LogP contribution in [0.5, 0.6) is 0 Å². The summed E-state index contributed by atoms with van der Waals surface area (Å²) in [5.74, 6) is 0.265. The Morgan fingerprint density at radius 1 is 1.23 bits per heavy atom. The van der Waals surface area contributed by atoms with E-state index < -0.39 is 0 Å². The molecule has 1 aromatic carbocycles. The molecule has 0 bridgehead atoms. The third-order valence-electron chi connectivity index (χ3n) is 5.08. The second-order valence-electron chi connectivity index (χ2n) is 6.53. The van der Waals surface area contributed by atoms with Crippen molar-refractivity contribution in [2.75, 3.05) is 26.2 Å². The number of amides is 1. The maximum Gasteiger partial charge on any atom is 0.223 e. The molecule has 22 heavy (non-hydrogen) atoms. The number of piperidine rings is 1. The number of carbonyl (C=O) groups is 1. The zero-order chi connectivity index (χ0) is 15.4. The number of carbonyl (C=O) groups excluding carboxylic acids is 1. The fourth-order valence-corrected chi connectivity index (χ4v) is 3.77. The molecule has 1 atom stereocenters. The molecular formula is C18H26N2O2. The minimum Gasteiger partial charge on any atom is -0.395 e. The molecule has 2 N–H and O–H groups in total. The number of nitrogens with one attached hydrogen (secondary N) is 1. The molecule has 4 nitrogen and oxygen atoms in total. The van der Waals surface area contributed by atoms with Gasteiger partial charge in [-0.25, -0.2) is 0 Å². The maximum absolute atomic E-state index is 12.3. The monoisotopic (exact) mass is 302 g/mol. The Morgan fingerprint density at radius 2 is 1.95 bits per heavy atom. The van der Waals surface area contributed by atoms with Gasteiger partial charge in [0, 0.05) is 25.0 Å². The van der Waals surface area contributed by atoms with E-state index in [0.717, 1.165) is 32.4 Å². The number of fused-ring (bicyclic) bond motifs is 1. The zero-order valence-corrected chi connectivity index (χ0v) is 13.1. The lowest BCUT2D eigenvalue weighted by molar-refractivity contribution is -0.124. The van der Waals surface area contributed by atoms with Crippen LogP contribution in [0.2, 0.25) is 0 Å². The lowest BCUT2D eigenvalue weighted by atomic mass is 10.0. The summed E-state index contributed by atoms with van der Waals surface area (Å²) in [5, 5.41) is 12.5. The smallest absolute Gasteiger partial charge is 0.223 e. The molecule has 1 amide bonds.